The molecule has 0 spiro atoms. The average molecular weight is 113 g/mol. The highest BCUT2D eigenvalue weighted by Crippen LogP contribution is 1.77. The molecule has 1 aromatic rings. The third kappa shape index (κ3) is 0.753. The summed E-state index contributed by atoms with van der Waals surface area (Å²) >= 11 is 0. The van der Waals surface area contributed by atoms with Crippen LogP contribution in [-0.4, -0.2) is 4.79 Å². The standard InChI is InChI=1S/C5H4FNO/c6-7-4-2-1-3-5(7)8/h1-4H. The topological polar surface area (TPSA) is 22.0 Å². The Balaban J connectivity index is 3.35. The highest BCUT2D eigenvalue weighted by molar-refractivity contribution is 4.90. The summed E-state index contributed by atoms with van der Waals surface area (Å²) in [6.07, 6.45) is 1.06. The number of rotatable bonds is 0. The molecule has 0 radical (unpaired) electrons. The number of hydrogen-bond donors (Lipinski definition) is 0. The van der Waals surface area contributed by atoms with E-state index in [4.69, 9.17) is 0 Å². The minimum absolute atomic E-state index is 0.0278. The Kier molecular flexibility index (Phi) is 1.12. The van der Waals surface area contributed by atoms with Gasteiger partial charge in [-0.1, -0.05) is 10.5 Å². The van der Waals surface area contributed by atoms with Crippen LogP contribution in [0.1, 0.15) is 0 Å². The fraction of sp³-hybridized carbons (Fsp3) is 0. The third-order valence-electron chi connectivity index (χ3n) is 0.777. The number of nitrogens with zero attached hydrogens (tertiary/aromatic N) is 1. The lowest BCUT2D eigenvalue weighted by molar-refractivity contribution is 0.352. The predicted molar refractivity (Wildman–Crippen MR) is 27.2 cm³/mol. The van der Waals surface area contributed by atoms with Gasteiger partial charge in [0.1, 0.15) is 0 Å². The highest BCUT2D eigenvalue weighted by atomic mass is 19.2. The predicted octanol–water partition coefficient (Wildman–Crippen LogP) is 0.581. The zero-order valence-corrected chi connectivity index (χ0v) is 4.04. The average Bonchev–Trinajstić information content (AvgIpc) is 1.77. The molecule has 0 aromatic carbocycles. The Labute approximate surface area is 45.1 Å². The minimum atomic E-state index is -0.632. The van der Waals surface area contributed by atoms with E-state index in [9.17, 15) is 9.28 Å². The largest absolute Gasteiger partial charge is 0.278 e. The van der Waals surface area contributed by atoms with E-state index in [1.165, 1.54) is 12.1 Å². The van der Waals surface area contributed by atoms with Gasteiger partial charge in [-0.25, -0.2) is 0 Å². The zero-order chi connectivity index (χ0) is 5.98. The van der Waals surface area contributed by atoms with Gasteiger partial charge in [-0.15, -0.1) is 4.79 Å². The molecule has 1 rings (SSSR count). The number of hydrogen-bond acceptors (Lipinski definition) is 1. The fourth-order valence-corrected chi connectivity index (χ4v) is 0.408. The van der Waals surface area contributed by atoms with Crippen molar-refractivity contribution >= 4 is 0 Å². The fourth-order valence-electron chi connectivity index (χ4n) is 0.408. The summed E-state index contributed by atoms with van der Waals surface area (Å²) < 4.78 is 11.9. The first kappa shape index (κ1) is 5.03. The van der Waals surface area contributed by atoms with Crippen molar-refractivity contribution in [3.05, 3.63) is 34.7 Å². The molecule has 3 heteroatoms. The molecule has 0 atom stereocenters. The molecule has 2 nitrogen and oxygen atoms in total. The first-order valence-electron chi connectivity index (χ1n) is 2.14. The summed E-state index contributed by atoms with van der Waals surface area (Å²) in [7, 11) is 0. The lowest BCUT2D eigenvalue weighted by Crippen LogP contribution is -2.09. The van der Waals surface area contributed by atoms with Gasteiger partial charge in [-0.2, -0.15) is 0 Å². The van der Waals surface area contributed by atoms with E-state index in [1.807, 2.05) is 0 Å². The summed E-state index contributed by atoms with van der Waals surface area (Å²) in [4.78, 5) is 10.2. The molecular weight excluding hydrogens is 109 g/mol. The third-order valence-corrected chi connectivity index (χ3v) is 0.777. The zero-order valence-electron chi connectivity index (χ0n) is 4.04. The van der Waals surface area contributed by atoms with Crippen LogP contribution >= 0.6 is 0 Å². The molecule has 0 saturated carbocycles. The van der Waals surface area contributed by atoms with E-state index in [1.54, 1.807) is 0 Å². The van der Waals surface area contributed by atoms with Gasteiger partial charge in [-0.05, 0) is 6.07 Å². The Morgan fingerprint density at radius 1 is 1.50 bits per heavy atom. The van der Waals surface area contributed by atoms with Crippen molar-refractivity contribution in [1.29, 1.82) is 0 Å². The van der Waals surface area contributed by atoms with Gasteiger partial charge < -0.3 is 0 Å². The molecular formula is C5H4FNO. The van der Waals surface area contributed by atoms with Crippen molar-refractivity contribution in [2.24, 2.45) is 0 Å². The van der Waals surface area contributed by atoms with Gasteiger partial charge in [0.05, 0.1) is 0 Å². The quantitative estimate of drug-likeness (QED) is 0.482. The van der Waals surface area contributed by atoms with Crippen molar-refractivity contribution in [2.75, 3.05) is 0 Å². The van der Waals surface area contributed by atoms with Gasteiger partial charge in [0.2, 0.25) is 0 Å². The second-order valence-corrected chi connectivity index (χ2v) is 1.35. The molecule has 0 unspecified atom stereocenters. The van der Waals surface area contributed by atoms with Crippen molar-refractivity contribution in [3.8, 4) is 0 Å². The van der Waals surface area contributed by atoms with Crippen molar-refractivity contribution in [3.63, 3.8) is 0 Å². The molecule has 0 aliphatic heterocycles. The molecule has 0 bridgehead atoms. The normalized spacial score (nSPS) is 9.12. The van der Waals surface area contributed by atoms with Crippen LogP contribution in [0.5, 0.6) is 0 Å². The first-order valence-corrected chi connectivity index (χ1v) is 2.14. The summed E-state index contributed by atoms with van der Waals surface area (Å²) in [5.41, 5.74) is -0.632. The van der Waals surface area contributed by atoms with Crippen molar-refractivity contribution < 1.29 is 4.48 Å². The maximum atomic E-state index is 11.9. The molecule has 0 aliphatic rings. The second-order valence-electron chi connectivity index (χ2n) is 1.35. The Bertz CT molecular complexity index is 230. The van der Waals surface area contributed by atoms with Crippen molar-refractivity contribution in [1.82, 2.24) is 4.79 Å². The van der Waals surface area contributed by atoms with Gasteiger partial charge in [0, 0.05) is 12.3 Å². The van der Waals surface area contributed by atoms with Crippen LogP contribution in [0.3, 0.4) is 0 Å². The van der Waals surface area contributed by atoms with Crippen LogP contribution in [0.15, 0.2) is 29.2 Å². The number of aromatic nitrogens is 1. The second kappa shape index (κ2) is 1.78. The van der Waals surface area contributed by atoms with Crippen LogP contribution in [0.4, 0.5) is 4.48 Å². The van der Waals surface area contributed by atoms with Crippen LogP contribution in [0.2, 0.25) is 0 Å². The minimum Gasteiger partial charge on any atom is -0.267 e. The van der Waals surface area contributed by atoms with E-state index in [-0.39, 0.29) is 4.79 Å². The lowest BCUT2D eigenvalue weighted by atomic mass is 10.5. The molecule has 0 amide bonds. The maximum absolute atomic E-state index is 11.9. The van der Waals surface area contributed by atoms with E-state index >= 15 is 0 Å². The molecule has 0 fully saturated rings. The van der Waals surface area contributed by atoms with E-state index in [0.29, 0.717) is 0 Å². The van der Waals surface area contributed by atoms with Crippen LogP contribution < -0.4 is 5.56 Å². The summed E-state index contributed by atoms with van der Waals surface area (Å²) in [5, 5.41) is 0. The molecule has 0 saturated heterocycles. The van der Waals surface area contributed by atoms with Gasteiger partial charge >= 0.3 is 0 Å². The molecule has 1 aromatic heterocycles. The Morgan fingerprint density at radius 3 is 2.62 bits per heavy atom. The highest BCUT2D eigenvalue weighted by Gasteiger charge is 1.83. The van der Waals surface area contributed by atoms with Gasteiger partial charge in [0.25, 0.3) is 5.56 Å². The van der Waals surface area contributed by atoms with Crippen molar-refractivity contribution in [2.45, 2.75) is 0 Å². The molecule has 8 heavy (non-hydrogen) atoms. The van der Waals surface area contributed by atoms with Crippen LogP contribution in [0.25, 0.3) is 0 Å². The number of pyridine rings is 1. The molecule has 1 heterocycles. The summed E-state index contributed by atoms with van der Waals surface area (Å²) in [6.45, 7) is 0. The molecule has 0 aliphatic carbocycles. The molecule has 42 valence electrons. The SMILES string of the molecule is O=c1ccccn1F. The van der Waals surface area contributed by atoms with Crippen LogP contribution in [0, 0.1) is 0 Å². The van der Waals surface area contributed by atoms with Crippen LogP contribution in [-0.2, 0) is 0 Å². The summed E-state index contributed by atoms with van der Waals surface area (Å²) in [6, 6.07) is 4.08. The monoisotopic (exact) mass is 113 g/mol. The van der Waals surface area contributed by atoms with Gasteiger partial charge in [0.15, 0.2) is 0 Å². The van der Waals surface area contributed by atoms with E-state index in [2.05, 4.69) is 0 Å². The Morgan fingerprint density at radius 2 is 2.25 bits per heavy atom. The lowest BCUT2D eigenvalue weighted by Gasteiger charge is -1.83. The number of halogens is 1. The van der Waals surface area contributed by atoms with E-state index < -0.39 is 5.56 Å². The molecule has 0 N–H and O–H groups in total. The maximum Gasteiger partial charge on any atom is 0.278 e. The first-order chi connectivity index (χ1) is 3.80. The smallest absolute Gasteiger partial charge is 0.267 e. The Hall–Kier alpha value is -1.12. The van der Waals surface area contributed by atoms with E-state index in [0.717, 1.165) is 12.3 Å². The van der Waals surface area contributed by atoms with Gasteiger partial charge in [-0.3, -0.25) is 4.79 Å². The summed E-state index contributed by atoms with van der Waals surface area (Å²) in [5.74, 6) is 0.